The second kappa shape index (κ2) is 6.76. The largest absolute Gasteiger partial charge is 0.437 e. The van der Waals surface area contributed by atoms with Gasteiger partial charge in [-0.05, 0) is 24.4 Å². The molecule has 0 heterocycles. The first-order valence-corrected chi connectivity index (χ1v) is 3.80. The molecule has 64 valence electrons. The summed E-state index contributed by atoms with van der Waals surface area (Å²) in [5, 5.41) is 4.22. The van der Waals surface area contributed by atoms with Crippen LogP contribution in [0.5, 0.6) is 0 Å². The molecule has 0 saturated carbocycles. The van der Waals surface area contributed by atoms with E-state index in [1.807, 2.05) is 0 Å². The molecule has 6 heteroatoms. The third-order valence-electron chi connectivity index (χ3n) is 0.811. The molecular weight excluding hydrogens is 196 g/mol. The fraction of sp³-hybridized carbons (Fsp3) is 0.500. The van der Waals surface area contributed by atoms with Crippen molar-refractivity contribution in [2.75, 3.05) is 6.54 Å². The zero-order chi connectivity index (χ0) is 9.40. The second-order valence-electron chi connectivity index (χ2n) is 1.72. The number of hydrogen-bond acceptors (Lipinski definition) is 6. The number of rotatable bonds is 4. The van der Waals surface area contributed by atoms with Crippen LogP contribution in [0.25, 0.3) is 0 Å². The standard InChI is InChI=1S/C6H6N2O2S2/c1-5(9)10-6(8-4-12)2-7-3-11/h6H,2H2,1H3/t6-/m0/s1. The van der Waals surface area contributed by atoms with Crippen LogP contribution in [0.15, 0.2) is 9.98 Å². The molecule has 0 aromatic carbocycles. The summed E-state index contributed by atoms with van der Waals surface area (Å²) in [6.45, 7) is 1.40. The van der Waals surface area contributed by atoms with Crippen molar-refractivity contribution in [1.82, 2.24) is 0 Å². The number of thiocarbonyl (C=S) groups is 2. The van der Waals surface area contributed by atoms with E-state index >= 15 is 0 Å². The summed E-state index contributed by atoms with van der Waals surface area (Å²) in [6, 6.07) is 0. The monoisotopic (exact) mass is 202 g/mol. The van der Waals surface area contributed by atoms with E-state index in [1.165, 1.54) is 6.92 Å². The number of ether oxygens (including phenoxy) is 1. The third-order valence-corrected chi connectivity index (χ3v) is 1.05. The minimum Gasteiger partial charge on any atom is -0.437 e. The van der Waals surface area contributed by atoms with Crippen LogP contribution in [0, 0.1) is 0 Å². The third kappa shape index (κ3) is 5.82. The minimum atomic E-state index is -0.726. The molecule has 4 nitrogen and oxygen atoms in total. The van der Waals surface area contributed by atoms with Gasteiger partial charge in [0.1, 0.15) is 6.54 Å². The molecule has 0 unspecified atom stereocenters. The minimum absolute atomic E-state index is 0.132. The predicted octanol–water partition coefficient (Wildman–Crippen LogP) is 1.08. The quantitative estimate of drug-likeness (QED) is 0.389. The topological polar surface area (TPSA) is 51.0 Å². The lowest BCUT2D eigenvalue weighted by atomic mass is 10.6. The van der Waals surface area contributed by atoms with Crippen molar-refractivity contribution in [2.45, 2.75) is 13.2 Å². The van der Waals surface area contributed by atoms with Crippen molar-refractivity contribution in [3.63, 3.8) is 0 Å². The van der Waals surface area contributed by atoms with E-state index in [-0.39, 0.29) is 6.54 Å². The van der Waals surface area contributed by atoms with Crippen molar-refractivity contribution in [3.8, 4) is 0 Å². The second-order valence-corrected chi connectivity index (χ2v) is 2.08. The zero-order valence-corrected chi connectivity index (χ0v) is 7.94. The fourth-order valence-electron chi connectivity index (χ4n) is 0.470. The molecule has 0 fully saturated rings. The summed E-state index contributed by atoms with van der Waals surface area (Å²) in [7, 11) is 0. The van der Waals surface area contributed by atoms with E-state index in [9.17, 15) is 4.79 Å². The summed E-state index contributed by atoms with van der Waals surface area (Å²) in [5.74, 6) is -0.450. The Bertz CT molecular complexity index is 250. The summed E-state index contributed by atoms with van der Waals surface area (Å²) < 4.78 is 4.68. The van der Waals surface area contributed by atoms with Gasteiger partial charge in [0.05, 0.1) is 10.3 Å². The van der Waals surface area contributed by atoms with E-state index in [0.717, 1.165) is 0 Å². The van der Waals surface area contributed by atoms with Gasteiger partial charge in [0.15, 0.2) is 0 Å². The summed E-state index contributed by atoms with van der Waals surface area (Å²) >= 11 is 8.66. The van der Waals surface area contributed by atoms with Gasteiger partial charge in [0.25, 0.3) is 0 Å². The predicted molar refractivity (Wildman–Crippen MR) is 50.5 cm³/mol. The first kappa shape index (κ1) is 11.1. The van der Waals surface area contributed by atoms with E-state index in [4.69, 9.17) is 0 Å². The van der Waals surface area contributed by atoms with E-state index in [0.29, 0.717) is 0 Å². The average molecular weight is 202 g/mol. The Kier molecular flexibility index (Phi) is 6.24. The van der Waals surface area contributed by atoms with Gasteiger partial charge < -0.3 is 4.74 Å². The molecular formula is C6H6N2O2S2. The highest BCUT2D eigenvalue weighted by atomic mass is 32.1. The number of carbonyl (C=O) groups excluding carboxylic acids is 1. The maximum Gasteiger partial charge on any atom is 0.304 e. The number of nitrogens with zero attached hydrogens (tertiary/aromatic N) is 2. The van der Waals surface area contributed by atoms with E-state index in [1.54, 1.807) is 0 Å². The lowest BCUT2D eigenvalue weighted by Gasteiger charge is -2.06. The molecule has 0 saturated heterocycles. The van der Waals surface area contributed by atoms with Crippen molar-refractivity contribution in [1.29, 1.82) is 0 Å². The molecule has 0 bridgehead atoms. The lowest BCUT2D eigenvalue weighted by molar-refractivity contribution is -0.145. The smallest absolute Gasteiger partial charge is 0.304 e. The highest BCUT2D eigenvalue weighted by Gasteiger charge is 2.07. The van der Waals surface area contributed by atoms with Crippen LogP contribution in [0.1, 0.15) is 6.92 Å². The first-order chi connectivity index (χ1) is 5.70. The number of isothiocyanates is 2. The molecule has 0 aliphatic carbocycles. The van der Waals surface area contributed by atoms with Gasteiger partial charge in [0, 0.05) is 6.92 Å². The molecule has 0 aromatic heterocycles. The summed E-state index contributed by atoms with van der Waals surface area (Å²) in [4.78, 5) is 17.6. The van der Waals surface area contributed by atoms with Crippen LogP contribution >= 0.6 is 24.4 Å². The van der Waals surface area contributed by atoms with Crippen LogP contribution in [0.3, 0.4) is 0 Å². The Morgan fingerprint density at radius 3 is 2.67 bits per heavy atom. The Balaban J connectivity index is 4.11. The van der Waals surface area contributed by atoms with Crippen LogP contribution in [0.4, 0.5) is 0 Å². The maximum absolute atomic E-state index is 10.5. The molecule has 0 amide bonds. The Hall–Kier alpha value is -0.930. The maximum atomic E-state index is 10.5. The molecule has 0 N–H and O–H groups in total. The van der Waals surface area contributed by atoms with E-state index < -0.39 is 12.2 Å². The number of hydrogen-bond donors (Lipinski definition) is 0. The Morgan fingerprint density at radius 1 is 1.58 bits per heavy atom. The van der Waals surface area contributed by atoms with Gasteiger partial charge in [-0.15, -0.1) is 0 Å². The van der Waals surface area contributed by atoms with Gasteiger partial charge >= 0.3 is 5.97 Å². The van der Waals surface area contributed by atoms with Crippen molar-refractivity contribution < 1.29 is 9.53 Å². The molecule has 12 heavy (non-hydrogen) atoms. The number of esters is 1. The van der Waals surface area contributed by atoms with Crippen LogP contribution in [-0.4, -0.2) is 29.1 Å². The normalized spacial score (nSPS) is 10.4. The van der Waals surface area contributed by atoms with Crippen LogP contribution in [0.2, 0.25) is 0 Å². The Labute approximate surface area is 80.3 Å². The van der Waals surface area contributed by atoms with Gasteiger partial charge in [-0.2, -0.15) is 4.99 Å². The Morgan fingerprint density at radius 2 is 2.25 bits per heavy atom. The summed E-state index contributed by atoms with van der Waals surface area (Å²) in [6.07, 6.45) is -0.726. The van der Waals surface area contributed by atoms with E-state index in [2.05, 4.69) is 49.5 Å². The first-order valence-electron chi connectivity index (χ1n) is 2.98. The van der Waals surface area contributed by atoms with Crippen molar-refractivity contribution in [3.05, 3.63) is 0 Å². The fourth-order valence-corrected chi connectivity index (χ4v) is 0.662. The average Bonchev–Trinajstić information content (AvgIpc) is 2.00. The van der Waals surface area contributed by atoms with Crippen LogP contribution < -0.4 is 0 Å². The highest BCUT2D eigenvalue weighted by Crippen LogP contribution is 1.94. The number of carbonyl (C=O) groups is 1. The van der Waals surface area contributed by atoms with Crippen molar-refractivity contribution >= 4 is 40.7 Å². The molecule has 0 aliphatic rings. The van der Waals surface area contributed by atoms with Crippen molar-refractivity contribution in [2.24, 2.45) is 9.98 Å². The molecule has 0 rings (SSSR count). The van der Waals surface area contributed by atoms with Gasteiger partial charge in [-0.1, -0.05) is 0 Å². The molecule has 0 radical (unpaired) electrons. The van der Waals surface area contributed by atoms with Gasteiger partial charge in [0.2, 0.25) is 6.23 Å². The van der Waals surface area contributed by atoms with Gasteiger partial charge in [-0.3, -0.25) is 4.79 Å². The highest BCUT2D eigenvalue weighted by molar-refractivity contribution is 7.78. The van der Waals surface area contributed by atoms with Gasteiger partial charge in [-0.25, -0.2) is 4.99 Å². The molecule has 0 aliphatic heterocycles. The molecule has 0 spiro atoms. The summed E-state index contributed by atoms with van der Waals surface area (Å²) in [5.41, 5.74) is 0. The molecule has 0 aromatic rings. The zero-order valence-electron chi connectivity index (χ0n) is 6.31. The molecule has 1 atom stereocenters. The van der Waals surface area contributed by atoms with Crippen LogP contribution in [-0.2, 0) is 9.53 Å². The number of aliphatic imine (C=N–C) groups is 2. The lowest BCUT2D eigenvalue weighted by Crippen LogP contribution is -2.16. The SMILES string of the molecule is CC(=O)O[C@@H](CN=C=S)N=C=S.